The predicted octanol–water partition coefficient (Wildman–Crippen LogP) is 3.81. The Morgan fingerprint density at radius 2 is 2.17 bits per heavy atom. The molecule has 1 heterocycles. The molecule has 1 atom stereocenters. The topological polar surface area (TPSA) is 30.0 Å². The van der Waals surface area contributed by atoms with Gasteiger partial charge in [-0.1, -0.05) is 37.3 Å². The van der Waals surface area contributed by atoms with E-state index in [4.69, 9.17) is 0 Å². The summed E-state index contributed by atoms with van der Waals surface area (Å²) in [6.45, 7) is 2.19. The lowest BCUT2D eigenvalue weighted by molar-refractivity contribution is 0.103. The Balaban J connectivity index is 1.93. The molecule has 0 fully saturated rings. The van der Waals surface area contributed by atoms with Gasteiger partial charge in [0.05, 0.1) is 5.69 Å². The molecular weight excluding hydrogens is 242 g/mol. The number of ketones is 1. The quantitative estimate of drug-likeness (QED) is 0.782. The smallest absolute Gasteiger partial charge is 0.221 e. The molecule has 1 aromatic carbocycles. The lowest BCUT2D eigenvalue weighted by Crippen LogP contribution is -2.01. The van der Waals surface area contributed by atoms with Crippen molar-refractivity contribution in [2.45, 2.75) is 32.1 Å². The second-order valence-electron chi connectivity index (χ2n) is 4.67. The van der Waals surface area contributed by atoms with Crippen LogP contribution in [0.5, 0.6) is 0 Å². The van der Waals surface area contributed by atoms with Crippen LogP contribution in [0.15, 0.2) is 30.3 Å². The summed E-state index contributed by atoms with van der Waals surface area (Å²) in [4.78, 5) is 18.2. The number of hydrogen-bond donors (Lipinski definition) is 0. The summed E-state index contributed by atoms with van der Waals surface area (Å²) < 4.78 is 0. The molecule has 0 radical (unpaired) electrons. The summed E-state index contributed by atoms with van der Waals surface area (Å²) >= 11 is 1.58. The van der Waals surface area contributed by atoms with Crippen LogP contribution in [0, 0.1) is 0 Å². The summed E-state index contributed by atoms with van der Waals surface area (Å²) in [5.41, 5.74) is 1.92. The normalized spacial score (nSPS) is 17.7. The number of rotatable bonds is 3. The van der Waals surface area contributed by atoms with Gasteiger partial charge in [0.15, 0.2) is 5.01 Å². The van der Waals surface area contributed by atoms with Crippen LogP contribution in [0.2, 0.25) is 0 Å². The molecule has 1 aliphatic rings. The first kappa shape index (κ1) is 11.6. The summed E-state index contributed by atoms with van der Waals surface area (Å²) in [6.07, 6.45) is 3.41. The van der Waals surface area contributed by atoms with E-state index < -0.39 is 0 Å². The van der Waals surface area contributed by atoms with E-state index in [1.165, 1.54) is 17.0 Å². The molecule has 0 aliphatic heterocycles. The number of carbonyl (C=O) groups excluding carboxylic acids is 1. The first-order valence-electron chi connectivity index (χ1n) is 6.39. The van der Waals surface area contributed by atoms with Crippen molar-refractivity contribution in [3.05, 3.63) is 51.5 Å². The highest BCUT2D eigenvalue weighted by molar-refractivity contribution is 7.14. The van der Waals surface area contributed by atoms with Gasteiger partial charge in [0, 0.05) is 16.4 Å². The molecule has 0 amide bonds. The van der Waals surface area contributed by atoms with Gasteiger partial charge in [-0.25, -0.2) is 4.98 Å². The van der Waals surface area contributed by atoms with E-state index in [9.17, 15) is 4.79 Å². The zero-order chi connectivity index (χ0) is 12.5. The third-order valence-corrected chi connectivity index (χ3v) is 4.69. The number of carbonyl (C=O) groups is 1. The molecule has 0 N–H and O–H groups in total. The largest absolute Gasteiger partial charge is 0.286 e. The minimum Gasteiger partial charge on any atom is -0.286 e. The Morgan fingerprint density at radius 3 is 2.89 bits per heavy atom. The van der Waals surface area contributed by atoms with Crippen LogP contribution in [0.4, 0.5) is 0 Å². The maximum absolute atomic E-state index is 12.3. The fraction of sp³-hybridized carbons (Fsp3) is 0.333. The first-order valence-corrected chi connectivity index (χ1v) is 7.20. The molecule has 0 saturated heterocycles. The zero-order valence-electron chi connectivity index (χ0n) is 10.3. The van der Waals surface area contributed by atoms with Crippen LogP contribution in [0.1, 0.15) is 51.6 Å². The fourth-order valence-corrected chi connectivity index (χ4v) is 3.64. The highest BCUT2D eigenvalue weighted by Crippen LogP contribution is 2.38. The van der Waals surface area contributed by atoms with Gasteiger partial charge < -0.3 is 0 Å². The van der Waals surface area contributed by atoms with Crippen molar-refractivity contribution in [2.75, 3.05) is 0 Å². The highest BCUT2D eigenvalue weighted by atomic mass is 32.1. The molecule has 3 rings (SSSR count). The second kappa shape index (κ2) is 4.65. The molecular formula is C15H15NOS. The summed E-state index contributed by atoms with van der Waals surface area (Å²) in [5, 5.41) is 0.657. The third-order valence-electron chi connectivity index (χ3n) is 3.56. The number of aryl methyl sites for hydroxylation is 1. The van der Waals surface area contributed by atoms with Gasteiger partial charge >= 0.3 is 0 Å². The van der Waals surface area contributed by atoms with Crippen molar-refractivity contribution in [3.63, 3.8) is 0 Å². The molecule has 0 bridgehead atoms. The number of thiazole rings is 1. The van der Waals surface area contributed by atoms with Crippen molar-refractivity contribution in [3.8, 4) is 0 Å². The second-order valence-corrected chi connectivity index (χ2v) is 5.75. The van der Waals surface area contributed by atoms with Crippen molar-refractivity contribution in [2.24, 2.45) is 0 Å². The number of hydrogen-bond acceptors (Lipinski definition) is 3. The maximum Gasteiger partial charge on any atom is 0.221 e. The molecule has 2 aromatic rings. The van der Waals surface area contributed by atoms with Gasteiger partial charge in [0.1, 0.15) is 0 Å². The average molecular weight is 257 g/mol. The van der Waals surface area contributed by atoms with E-state index >= 15 is 0 Å². The van der Waals surface area contributed by atoms with E-state index in [0.717, 1.165) is 18.4 Å². The minimum absolute atomic E-state index is 0.0600. The van der Waals surface area contributed by atoms with E-state index in [2.05, 4.69) is 11.9 Å². The van der Waals surface area contributed by atoms with E-state index in [1.807, 2.05) is 30.3 Å². The first-order chi connectivity index (χ1) is 8.79. The number of benzene rings is 1. The van der Waals surface area contributed by atoms with Crippen molar-refractivity contribution >= 4 is 17.1 Å². The molecule has 1 aliphatic carbocycles. The lowest BCUT2D eigenvalue weighted by atomic mass is 10.0. The monoisotopic (exact) mass is 257 g/mol. The van der Waals surface area contributed by atoms with Gasteiger partial charge in [0.25, 0.3) is 0 Å². The molecule has 3 heteroatoms. The number of fused-ring (bicyclic) bond motifs is 1. The molecule has 2 nitrogen and oxygen atoms in total. The van der Waals surface area contributed by atoms with E-state index in [0.29, 0.717) is 10.9 Å². The van der Waals surface area contributed by atoms with Crippen LogP contribution in [0.25, 0.3) is 0 Å². The van der Waals surface area contributed by atoms with Gasteiger partial charge in [-0.15, -0.1) is 11.3 Å². The van der Waals surface area contributed by atoms with Crippen LogP contribution in [0.3, 0.4) is 0 Å². The zero-order valence-corrected chi connectivity index (χ0v) is 11.2. The number of nitrogens with zero attached hydrogens (tertiary/aromatic N) is 1. The summed E-state index contributed by atoms with van der Waals surface area (Å²) in [6, 6.07) is 9.41. The van der Waals surface area contributed by atoms with Crippen LogP contribution >= 0.6 is 11.3 Å². The summed E-state index contributed by atoms with van der Waals surface area (Å²) in [7, 11) is 0. The van der Waals surface area contributed by atoms with Gasteiger partial charge in [-0.3, -0.25) is 4.79 Å². The van der Waals surface area contributed by atoms with Gasteiger partial charge in [0.2, 0.25) is 5.78 Å². The Morgan fingerprint density at radius 1 is 1.39 bits per heavy atom. The molecule has 0 saturated carbocycles. The fourth-order valence-electron chi connectivity index (χ4n) is 2.51. The van der Waals surface area contributed by atoms with Crippen molar-refractivity contribution < 1.29 is 4.79 Å². The van der Waals surface area contributed by atoms with Crippen molar-refractivity contribution in [1.82, 2.24) is 4.98 Å². The maximum atomic E-state index is 12.3. The predicted molar refractivity (Wildman–Crippen MR) is 73.3 cm³/mol. The number of aromatic nitrogens is 1. The van der Waals surface area contributed by atoms with Gasteiger partial charge in [-0.05, 0) is 19.3 Å². The molecule has 92 valence electrons. The van der Waals surface area contributed by atoms with Crippen LogP contribution < -0.4 is 0 Å². The van der Waals surface area contributed by atoms with E-state index in [-0.39, 0.29) is 5.78 Å². The Labute approximate surface area is 111 Å². The molecule has 1 aromatic heterocycles. The van der Waals surface area contributed by atoms with Gasteiger partial charge in [-0.2, -0.15) is 0 Å². The summed E-state index contributed by atoms with van der Waals surface area (Å²) in [5.74, 6) is 0.624. The lowest BCUT2D eigenvalue weighted by Gasteiger charge is -2.03. The molecule has 18 heavy (non-hydrogen) atoms. The average Bonchev–Trinajstić information content (AvgIpc) is 2.98. The molecule has 0 spiro atoms. The SMILES string of the molecule is CCC1CCc2sc(C(=O)c3ccccc3)nc21. The Bertz CT molecular complexity index is 573. The Hall–Kier alpha value is -1.48. The van der Waals surface area contributed by atoms with Crippen molar-refractivity contribution in [1.29, 1.82) is 0 Å². The third kappa shape index (κ3) is 1.89. The standard InChI is InChI=1S/C15H15NOS/c1-2-10-8-9-12-13(10)16-15(18-12)14(17)11-6-4-3-5-7-11/h3-7,10H,2,8-9H2,1H3. The highest BCUT2D eigenvalue weighted by Gasteiger charge is 2.27. The Kier molecular flexibility index (Phi) is 3.00. The van der Waals surface area contributed by atoms with E-state index in [1.54, 1.807) is 11.3 Å². The molecule has 1 unspecified atom stereocenters. The minimum atomic E-state index is 0.0600. The van der Waals surface area contributed by atoms with Crippen LogP contribution in [-0.2, 0) is 6.42 Å². The van der Waals surface area contributed by atoms with Crippen LogP contribution in [-0.4, -0.2) is 10.8 Å².